The van der Waals surface area contributed by atoms with Gasteiger partial charge in [-0.2, -0.15) is 0 Å². The Morgan fingerprint density at radius 2 is 1.61 bits per heavy atom. The molecule has 0 spiro atoms. The van der Waals surface area contributed by atoms with Crippen molar-refractivity contribution in [2.24, 2.45) is 0 Å². The summed E-state index contributed by atoms with van der Waals surface area (Å²) >= 11 is 0. The maximum atomic E-state index is 11.9. The van der Waals surface area contributed by atoms with E-state index in [1.165, 1.54) is 0 Å². The highest BCUT2D eigenvalue weighted by molar-refractivity contribution is 5.89. The molecule has 1 aromatic carbocycles. The molecule has 0 saturated carbocycles. The van der Waals surface area contributed by atoms with E-state index in [0.29, 0.717) is 5.56 Å². The van der Waals surface area contributed by atoms with Gasteiger partial charge in [-0.3, -0.25) is 0 Å². The van der Waals surface area contributed by atoms with Crippen LogP contribution in [0.1, 0.15) is 49.9 Å². The van der Waals surface area contributed by atoms with Crippen LogP contribution in [0.25, 0.3) is 0 Å². The van der Waals surface area contributed by atoms with E-state index in [4.69, 9.17) is 4.84 Å². The zero-order valence-corrected chi connectivity index (χ0v) is 11.4. The number of hydrogen-bond donors (Lipinski definition) is 0. The molecular formula is C15H23NO2. The summed E-state index contributed by atoms with van der Waals surface area (Å²) in [6.45, 7) is 5.90. The molecule has 0 N–H and O–H groups in total. The van der Waals surface area contributed by atoms with Crippen LogP contribution in [0.2, 0.25) is 0 Å². The Kier molecular flexibility index (Phi) is 7.11. The minimum Gasteiger partial charge on any atom is -0.364 e. The third kappa shape index (κ3) is 5.32. The Labute approximate surface area is 110 Å². The lowest BCUT2D eigenvalue weighted by atomic mass is 10.2. The summed E-state index contributed by atoms with van der Waals surface area (Å²) in [7, 11) is 0. The number of carbonyl (C=O) groups excluding carboxylic acids is 1. The Morgan fingerprint density at radius 1 is 1.06 bits per heavy atom. The van der Waals surface area contributed by atoms with Crippen LogP contribution >= 0.6 is 0 Å². The highest BCUT2D eigenvalue weighted by Crippen LogP contribution is 2.06. The molecule has 0 bridgehead atoms. The lowest BCUT2D eigenvalue weighted by Crippen LogP contribution is -2.29. The average Bonchev–Trinajstić information content (AvgIpc) is 2.42. The van der Waals surface area contributed by atoms with Gasteiger partial charge >= 0.3 is 5.97 Å². The molecule has 0 aliphatic carbocycles. The molecule has 0 heterocycles. The second-order valence-corrected chi connectivity index (χ2v) is 4.38. The molecule has 3 heteroatoms. The zero-order valence-electron chi connectivity index (χ0n) is 11.4. The SMILES string of the molecule is CCCCN(CCCC)OC(=O)c1ccccc1. The van der Waals surface area contributed by atoms with Crippen LogP contribution in [-0.4, -0.2) is 24.1 Å². The molecule has 100 valence electrons. The molecule has 3 nitrogen and oxygen atoms in total. The van der Waals surface area contributed by atoms with Gasteiger partial charge in [0.05, 0.1) is 5.56 Å². The summed E-state index contributed by atoms with van der Waals surface area (Å²) in [5.41, 5.74) is 0.607. The summed E-state index contributed by atoms with van der Waals surface area (Å²) in [6.07, 6.45) is 4.30. The lowest BCUT2D eigenvalue weighted by molar-refractivity contribution is -0.111. The molecular weight excluding hydrogens is 226 g/mol. The Hall–Kier alpha value is -1.35. The van der Waals surface area contributed by atoms with Crippen LogP contribution in [-0.2, 0) is 4.84 Å². The molecule has 0 aromatic heterocycles. The van der Waals surface area contributed by atoms with E-state index in [-0.39, 0.29) is 5.97 Å². The first-order valence-electron chi connectivity index (χ1n) is 6.80. The highest BCUT2D eigenvalue weighted by atomic mass is 16.7. The van der Waals surface area contributed by atoms with E-state index >= 15 is 0 Å². The maximum absolute atomic E-state index is 11.9. The summed E-state index contributed by atoms with van der Waals surface area (Å²) in [5.74, 6) is -0.261. The molecule has 0 aliphatic heterocycles. The molecule has 1 rings (SSSR count). The van der Waals surface area contributed by atoms with E-state index in [1.807, 2.05) is 18.2 Å². The van der Waals surface area contributed by atoms with Crippen LogP contribution in [0.15, 0.2) is 30.3 Å². The number of benzene rings is 1. The van der Waals surface area contributed by atoms with Crippen LogP contribution in [0, 0.1) is 0 Å². The minimum absolute atomic E-state index is 0.261. The quantitative estimate of drug-likeness (QED) is 0.658. The normalized spacial score (nSPS) is 10.6. The maximum Gasteiger partial charge on any atom is 0.357 e. The Morgan fingerprint density at radius 3 is 2.11 bits per heavy atom. The fraction of sp³-hybridized carbons (Fsp3) is 0.533. The number of hydrogen-bond acceptors (Lipinski definition) is 3. The zero-order chi connectivity index (χ0) is 13.2. The Bertz CT molecular complexity index is 330. The van der Waals surface area contributed by atoms with Gasteiger partial charge in [-0.1, -0.05) is 44.9 Å². The Balaban J connectivity index is 2.50. The summed E-state index contributed by atoms with van der Waals surface area (Å²) < 4.78 is 0. The minimum atomic E-state index is -0.261. The van der Waals surface area contributed by atoms with Gasteiger partial charge in [0.25, 0.3) is 0 Å². The number of rotatable bonds is 8. The van der Waals surface area contributed by atoms with Crippen molar-refractivity contribution in [3.8, 4) is 0 Å². The summed E-state index contributed by atoms with van der Waals surface area (Å²) in [4.78, 5) is 17.4. The second kappa shape index (κ2) is 8.70. The van der Waals surface area contributed by atoms with Gasteiger partial charge in [-0.15, -0.1) is 5.06 Å². The molecule has 0 radical (unpaired) electrons. The third-order valence-corrected chi connectivity index (χ3v) is 2.74. The van der Waals surface area contributed by atoms with Gasteiger partial charge in [-0.05, 0) is 25.0 Å². The van der Waals surface area contributed by atoms with Crippen LogP contribution in [0.4, 0.5) is 0 Å². The topological polar surface area (TPSA) is 29.5 Å². The molecule has 0 amide bonds. The smallest absolute Gasteiger partial charge is 0.357 e. The van der Waals surface area contributed by atoms with Gasteiger partial charge in [0.15, 0.2) is 0 Å². The monoisotopic (exact) mass is 249 g/mol. The third-order valence-electron chi connectivity index (χ3n) is 2.74. The highest BCUT2D eigenvalue weighted by Gasteiger charge is 2.12. The van der Waals surface area contributed by atoms with Gasteiger partial charge in [0, 0.05) is 13.1 Å². The molecule has 18 heavy (non-hydrogen) atoms. The van der Waals surface area contributed by atoms with Crippen molar-refractivity contribution in [1.82, 2.24) is 5.06 Å². The van der Waals surface area contributed by atoms with Crippen molar-refractivity contribution in [3.05, 3.63) is 35.9 Å². The van der Waals surface area contributed by atoms with Crippen molar-refractivity contribution in [3.63, 3.8) is 0 Å². The van der Waals surface area contributed by atoms with Crippen molar-refractivity contribution in [2.45, 2.75) is 39.5 Å². The van der Waals surface area contributed by atoms with Gasteiger partial charge in [-0.25, -0.2) is 4.79 Å². The van der Waals surface area contributed by atoms with Gasteiger partial charge in [0.1, 0.15) is 0 Å². The van der Waals surface area contributed by atoms with Crippen LogP contribution in [0.5, 0.6) is 0 Å². The molecule has 1 aromatic rings. The van der Waals surface area contributed by atoms with Crippen molar-refractivity contribution in [2.75, 3.05) is 13.1 Å². The standard InChI is InChI=1S/C15H23NO2/c1-3-5-12-16(13-6-4-2)18-15(17)14-10-8-7-9-11-14/h7-11H,3-6,12-13H2,1-2H3. The number of unbranched alkanes of at least 4 members (excludes halogenated alkanes) is 2. The van der Waals surface area contributed by atoms with Gasteiger partial charge in [0.2, 0.25) is 0 Å². The first-order valence-corrected chi connectivity index (χ1v) is 6.80. The molecule has 0 unspecified atom stereocenters. The van der Waals surface area contributed by atoms with Crippen molar-refractivity contribution >= 4 is 5.97 Å². The van der Waals surface area contributed by atoms with Crippen molar-refractivity contribution < 1.29 is 9.63 Å². The van der Waals surface area contributed by atoms with E-state index in [9.17, 15) is 4.79 Å². The molecule has 0 aliphatic rings. The van der Waals surface area contributed by atoms with E-state index in [0.717, 1.165) is 38.8 Å². The predicted octanol–water partition coefficient (Wildman–Crippen LogP) is 3.66. The fourth-order valence-electron chi connectivity index (χ4n) is 1.62. The number of nitrogens with zero attached hydrogens (tertiary/aromatic N) is 1. The van der Waals surface area contributed by atoms with Crippen LogP contribution in [0.3, 0.4) is 0 Å². The molecule has 0 fully saturated rings. The fourth-order valence-corrected chi connectivity index (χ4v) is 1.62. The van der Waals surface area contributed by atoms with Gasteiger partial charge < -0.3 is 4.84 Å². The average molecular weight is 249 g/mol. The molecule has 0 atom stereocenters. The first kappa shape index (κ1) is 14.7. The van der Waals surface area contributed by atoms with E-state index < -0.39 is 0 Å². The number of hydroxylamine groups is 2. The summed E-state index contributed by atoms with van der Waals surface area (Å²) in [5, 5.41) is 1.79. The first-order chi connectivity index (χ1) is 8.77. The van der Waals surface area contributed by atoms with Crippen molar-refractivity contribution in [1.29, 1.82) is 0 Å². The predicted molar refractivity (Wildman–Crippen MR) is 73.2 cm³/mol. The van der Waals surface area contributed by atoms with E-state index in [1.54, 1.807) is 17.2 Å². The van der Waals surface area contributed by atoms with E-state index in [2.05, 4.69) is 13.8 Å². The second-order valence-electron chi connectivity index (χ2n) is 4.38. The number of carbonyl (C=O) groups is 1. The lowest BCUT2D eigenvalue weighted by Gasteiger charge is -2.20. The summed E-state index contributed by atoms with van der Waals surface area (Å²) in [6, 6.07) is 9.14. The largest absolute Gasteiger partial charge is 0.364 e. The molecule has 0 saturated heterocycles. The van der Waals surface area contributed by atoms with Crippen LogP contribution < -0.4 is 0 Å².